The van der Waals surface area contributed by atoms with E-state index in [1.807, 2.05) is 0 Å². The molecule has 0 saturated carbocycles. The van der Waals surface area contributed by atoms with Gasteiger partial charge in [-0.3, -0.25) is 19.2 Å². The largest absolute Gasteiger partial charge is 0.387 e. The summed E-state index contributed by atoms with van der Waals surface area (Å²) in [5, 5.41) is 21.9. The van der Waals surface area contributed by atoms with Crippen LogP contribution >= 0.6 is 11.6 Å². The van der Waals surface area contributed by atoms with E-state index >= 15 is 0 Å². The van der Waals surface area contributed by atoms with Crippen LogP contribution in [0.25, 0.3) is 5.69 Å². The topological polar surface area (TPSA) is 90.3 Å². The lowest BCUT2D eigenvalue weighted by Crippen LogP contribution is -2.25. The summed E-state index contributed by atoms with van der Waals surface area (Å²) in [6.07, 6.45) is 0.727. The van der Waals surface area contributed by atoms with Gasteiger partial charge in [-0.1, -0.05) is 29.8 Å². The molecule has 1 heterocycles. The van der Waals surface area contributed by atoms with Crippen molar-refractivity contribution in [2.45, 2.75) is 19.6 Å². The van der Waals surface area contributed by atoms with E-state index in [1.165, 1.54) is 27.3 Å². The number of nitro benzene ring substituents is 1. The Labute approximate surface area is 153 Å². The van der Waals surface area contributed by atoms with Crippen LogP contribution in [0.3, 0.4) is 0 Å². The summed E-state index contributed by atoms with van der Waals surface area (Å²) < 4.78 is 2.76. The van der Waals surface area contributed by atoms with Gasteiger partial charge in [0.1, 0.15) is 0 Å². The standard InChI is InChI=1S/C18H16ClN3O4/c1-12-10-20(11-17(23)13-5-7-14(19)8-6-13)18(24)21(12)15-3-2-4-16(9-15)22(25)26/h2-10,17,23H,11H2,1H3/t17-/m0/s1. The van der Waals surface area contributed by atoms with E-state index in [0.29, 0.717) is 22.0 Å². The summed E-state index contributed by atoms with van der Waals surface area (Å²) in [5.41, 5.74) is 1.18. The molecule has 3 aromatic rings. The number of rotatable bonds is 5. The first kappa shape index (κ1) is 17.9. The molecule has 0 unspecified atom stereocenters. The van der Waals surface area contributed by atoms with Gasteiger partial charge in [0.15, 0.2) is 0 Å². The summed E-state index contributed by atoms with van der Waals surface area (Å²) in [7, 11) is 0. The number of imidazole rings is 1. The first-order valence-electron chi connectivity index (χ1n) is 7.84. The van der Waals surface area contributed by atoms with Crippen molar-refractivity contribution in [3.05, 3.63) is 91.6 Å². The molecule has 8 heteroatoms. The molecular formula is C18H16ClN3O4. The number of nitro groups is 1. The third-order valence-corrected chi connectivity index (χ3v) is 4.31. The Bertz CT molecular complexity index is 1010. The number of aromatic nitrogens is 2. The van der Waals surface area contributed by atoms with Gasteiger partial charge in [0, 0.05) is 29.0 Å². The maximum Gasteiger partial charge on any atom is 0.333 e. The Balaban J connectivity index is 1.93. The fourth-order valence-corrected chi connectivity index (χ4v) is 2.91. The Kier molecular flexibility index (Phi) is 4.92. The summed E-state index contributed by atoms with van der Waals surface area (Å²) in [6, 6.07) is 12.6. The molecule has 0 fully saturated rings. The van der Waals surface area contributed by atoms with Gasteiger partial charge in [0.05, 0.1) is 23.3 Å². The fourth-order valence-electron chi connectivity index (χ4n) is 2.78. The molecule has 1 N–H and O–H groups in total. The van der Waals surface area contributed by atoms with Crippen molar-refractivity contribution in [3.63, 3.8) is 0 Å². The van der Waals surface area contributed by atoms with Crippen LogP contribution in [0.4, 0.5) is 5.69 Å². The second kappa shape index (κ2) is 7.15. The van der Waals surface area contributed by atoms with Crippen LogP contribution in [0, 0.1) is 17.0 Å². The van der Waals surface area contributed by atoms with Crippen LogP contribution in [0.1, 0.15) is 17.4 Å². The van der Waals surface area contributed by atoms with E-state index in [0.717, 1.165) is 0 Å². The van der Waals surface area contributed by atoms with Gasteiger partial charge in [-0.25, -0.2) is 4.79 Å². The van der Waals surface area contributed by atoms with Gasteiger partial charge in [-0.05, 0) is 30.7 Å². The summed E-state index contributed by atoms with van der Waals surface area (Å²) in [6.45, 7) is 1.79. The number of non-ortho nitro benzene ring substituents is 1. The molecule has 0 amide bonds. The van der Waals surface area contributed by atoms with Gasteiger partial charge in [0.25, 0.3) is 5.69 Å². The molecule has 1 atom stereocenters. The van der Waals surface area contributed by atoms with Crippen molar-refractivity contribution >= 4 is 17.3 Å². The van der Waals surface area contributed by atoms with E-state index in [2.05, 4.69) is 0 Å². The molecule has 0 aliphatic rings. The highest BCUT2D eigenvalue weighted by atomic mass is 35.5. The zero-order chi connectivity index (χ0) is 18.8. The van der Waals surface area contributed by atoms with Crippen LogP contribution in [-0.2, 0) is 6.54 Å². The number of hydrogen-bond acceptors (Lipinski definition) is 4. The maximum absolute atomic E-state index is 12.7. The average Bonchev–Trinajstić information content (AvgIpc) is 2.89. The molecule has 1 aromatic heterocycles. The molecule has 0 spiro atoms. The Morgan fingerprint density at radius 1 is 1.23 bits per heavy atom. The molecule has 0 bridgehead atoms. The average molecular weight is 374 g/mol. The SMILES string of the molecule is Cc1cn(C[C@H](O)c2ccc(Cl)cc2)c(=O)n1-c1cccc([N+](=O)[O-])c1. The van der Waals surface area contributed by atoms with Crippen molar-refractivity contribution in [2.24, 2.45) is 0 Å². The highest BCUT2D eigenvalue weighted by Crippen LogP contribution is 2.19. The molecule has 0 aliphatic carbocycles. The smallest absolute Gasteiger partial charge is 0.333 e. The quantitative estimate of drug-likeness (QED) is 0.549. The zero-order valence-electron chi connectivity index (χ0n) is 13.9. The maximum atomic E-state index is 12.7. The lowest BCUT2D eigenvalue weighted by atomic mass is 10.1. The minimum Gasteiger partial charge on any atom is -0.387 e. The van der Waals surface area contributed by atoms with Gasteiger partial charge in [0.2, 0.25) is 0 Å². The lowest BCUT2D eigenvalue weighted by molar-refractivity contribution is -0.384. The number of hydrogen-bond donors (Lipinski definition) is 1. The van der Waals surface area contributed by atoms with E-state index < -0.39 is 11.0 Å². The van der Waals surface area contributed by atoms with Crippen LogP contribution in [0.5, 0.6) is 0 Å². The molecular weight excluding hydrogens is 358 g/mol. The Morgan fingerprint density at radius 2 is 1.92 bits per heavy atom. The molecule has 0 radical (unpaired) electrons. The molecule has 0 saturated heterocycles. The van der Waals surface area contributed by atoms with E-state index in [-0.39, 0.29) is 17.9 Å². The summed E-state index contributed by atoms with van der Waals surface area (Å²) >= 11 is 5.84. The first-order chi connectivity index (χ1) is 12.4. The monoisotopic (exact) mass is 373 g/mol. The van der Waals surface area contributed by atoms with Gasteiger partial charge >= 0.3 is 5.69 Å². The van der Waals surface area contributed by atoms with E-state index in [4.69, 9.17) is 11.6 Å². The fraction of sp³-hybridized carbons (Fsp3) is 0.167. The van der Waals surface area contributed by atoms with Crippen molar-refractivity contribution in [1.82, 2.24) is 9.13 Å². The van der Waals surface area contributed by atoms with Crippen LogP contribution in [0.15, 0.2) is 59.5 Å². The number of aliphatic hydroxyl groups excluding tert-OH is 1. The summed E-state index contributed by atoms with van der Waals surface area (Å²) in [4.78, 5) is 23.2. The van der Waals surface area contributed by atoms with E-state index in [1.54, 1.807) is 43.5 Å². The highest BCUT2D eigenvalue weighted by molar-refractivity contribution is 6.30. The predicted molar refractivity (Wildman–Crippen MR) is 97.8 cm³/mol. The molecule has 26 heavy (non-hydrogen) atoms. The zero-order valence-corrected chi connectivity index (χ0v) is 14.6. The Morgan fingerprint density at radius 3 is 2.58 bits per heavy atom. The van der Waals surface area contributed by atoms with Gasteiger partial charge in [-0.15, -0.1) is 0 Å². The van der Waals surface area contributed by atoms with Crippen molar-refractivity contribution < 1.29 is 10.0 Å². The molecule has 2 aromatic carbocycles. The minimum absolute atomic E-state index is 0.0588. The number of nitrogens with zero attached hydrogens (tertiary/aromatic N) is 3. The van der Waals surface area contributed by atoms with Crippen molar-refractivity contribution in [3.8, 4) is 5.69 Å². The normalized spacial score (nSPS) is 12.1. The van der Waals surface area contributed by atoms with Crippen molar-refractivity contribution in [1.29, 1.82) is 0 Å². The number of aliphatic hydroxyl groups is 1. The summed E-state index contributed by atoms with van der Waals surface area (Å²) in [5.74, 6) is 0. The van der Waals surface area contributed by atoms with Gasteiger partial charge < -0.3 is 5.11 Å². The molecule has 0 aliphatic heterocycles. The minimum atomic E-state index is -0.884. The third-order valence-electron chi connectivity index (χ3n) is 4.06. The number of benzene rings is 2. The van der Waals surface area contributed by atoms with Crippen molar-refractivity contribution in [2.75, 3.05) is 0 Å². The lowest BCUT2D eigenvalue weighted by Gasteiger charge is -2.11. The van der Waals surface area contributed by atoms with Crippen LogP contribution in [0.2, 0.25) is 5.02 Å². The molecule has 134 valence electrons. The second-order valence-electron chi connectivity index (χ2n) is 5.89. The molecule has 3 rings (SSSR count). The number of halogens is 1. The Hall–Kier alpha value is -2.90. The van der Waals surface area contributed by atoms with Gasteiger partial charge in [-0.2, -0.15) is 0 Å². The van der Waals surface area contributed by atoms with Crippen LogP contribution in [-0.4, -0.2) is 19.2 Å². The van der Waals surface area contributed by atoms with E-state index in [9.17, 15) is 20.0 Å². The molecule has 7 nitrogen and oxygen atoms in total. The number of aryl methyl sites for hydroxylation is 1. The second-order valence-corrected chi connectivity index (χ2v) is 6.32. The predicted octanol–water partition coefficient (Wildman–Crippen LogP) is 3.24. The third kappa shape index (κ3) is 3.54. The van der Waals surface area contributed by atoms with Crippen LogP contribution < -0.4 is 5.69 Å². The first-order valence-corrected chi connectivity index (χ1v) is 8.22. The highest BCUT2D eigenvalue weighted by Gasteiger charge is 2.16.